The molecule has 0 aliphatic carbocycles. The zero-order valence-corrected chi connectivity index (χ0v) is 12.5. The smallest absolute Gasteiger partial charge is 0.325 e. The van der Waals surface area contributed by atoms with Gasteiger partial charge in [-0.3, -0.25) is 0 Å². The second-order valence-corrected chi connectivity index (χ2v) is 4.58. The molecule has 1 aromatic rings. The van der Waals surface area contributed by atoms with Gasteiger partial charge in [-0.05, 0) is 43.4 Å². The second kappa shape index (κ2) is 8.97. The molecule has 1 nitrogen and oxygen atoms in total. The van der Waals surface area contributed by atoms with Crippen LogP contribution in [0.3, 0.4) is 0 Å². The van der Waals surface area contributed by atoms with E-state index in [0.29, 0.717) is 24.8 Å². The van der Waals surface area contributed by atoms with Crippen LogP contribution in [-0.4, -0.2) is 12.7 Å². The fourth-order valence-electron chi connectivity index (χ4n) is 1.84. The Kier molecular flexibility index (Phi) is 8.47. The molecule has 0 radical (unpaired) electrons. The van der Waals surface area contributed by atoms with E-state index in [1.54, 1.807) is 0 Å². The molecule has 0 fully saturated rings. The van der Waals surface area contributed by atoms with Crippen LogP contribution in [-0.2, 0) is 12.6 Å². The molecule has 0 spiro atoms. The summed E-state index contributed by atoms with van der Waals surface area (Å²) >= 11 is 0. The maximum atomic E-state index is 13.4. The maximum absolute atomic E-state index is 13.4. The van der Waals surface area contributed by atoms with Crippen LogP contribution in [0.4, 0.5) is 22.0 Å². The highest BCUT2D eigenvalue weighted by atomic mass is 19.4. The zero-order valence-electron chi connectivity index (χ0n) is 12.5. The Morgan fingerprint density at radius 3 is 2.24 bits per heavy atom. The molecule has 0 aliphatic heterocycles. The van der Waals surface area contributed by atoms with Crippen LogP contribution in [0.2, 0.25) is 0 Å². The molecule has 6 heteroatoms. The predicted octanol–water partition coefficient (Wildman–Crippen LogP) is 4.80. The summed E-state index contributed by atoms with van der Waals surface area (Å²) in [5.41, 5.74) is 4.47. The summed E-state index contributed by atoms with van der Waals surface area (Å²) in [6, 6.07) is 1.60. The van der Waals surface area contributed by atoms with Gasteiger partial charge in [-0.25, -0.2) is 8.78 Å². The molecule has 122 valence electrons. The lowest BCUT2D eigenvalue weighted by Gasteiger charge is -2.13. The van der Waals surface area contributed by atoms with Crippen LogP contribution in [0, 0.1) is 12.7 Å². The van der Waals surface area contributed by atoms with Gasteiger partial charge in [0.1, 0.15) is 12.5 Å². The molecule has 0 aromatic heterocycles. The van der Waals surface area contributed by atoms with Crippen LogP contribution < -0.4 is 5.73 Å². The first-order valence-corrected chi connectivity index (χ1v) is 6.93. The van der Waals surface area contributed by atoms with Gasteiger partial charge in [-0.15, -0.1) is 0 Å². The zero-order chi connectivity index (χ0) is 16.6. The Labute approximate surface area is 122 Å². The fourth-order valence-corrected chi connectivity index (χ4v) is 1.84. The number of hydrogen-bond donors (Lipinski definition) is 1. The highest BCUT2D eigenvalue weighted by molar-refractivity contribution is 5.33. The van der Waals surface area contributed by atoms with Crippen molar-refractivity contribution in [3.63, 3.8) is 0 Å². The van der Waals surface area contributed by atoms with Crippen LogP contribution in [0.15, 0.2) is 12.1 Å². The average molecular weight is 311 g/mol. The second-order valence-electron chi connectivity index (χ2n) is 4.58. The highest BCUT2D eigenvalue weighted by Gasteiger charge is 2.34. The van der Waals surface area contributed by atoms with Crippen LogP contribution in [0.5, 0.6) is 0 Å². The van der Waals surface area contributed by atoms with Gasteiger partial charge in [0.2, 0.25) is 0 Å². The number of alkyl halides is 4. The predicted molar refractivity (Wildman–Crippen MR) is 74.4 cm³/mol. The molecule has 0 heterocycles. The molecule has 1 atom stereocenters. The number of nitrogens with two attached hydrogens (primary N) is 1. The quantitative estimate of drug-likeness (QED) is 0.777. The highest BCUT2D eigenvalue weighted by Crippen LogP contribution is 2.33. The first-order chi connectivity index (χ1) is 9.75. The largest absolute Gasteiger partial charge is 0.419 e. The van der Waals surface area contributed by atoms with Gasteiger partial charge >= 0.3 is 6.18 Å². The number of hydrogen-bond acceptors (Lipinski definition) is 1. The Morgan fingerprint density at radius 2 is 1.76 bits per heavy atom. The van der Waals surface area contributed by atoms with Crippen molar-refractivity contribution >= 4 is 0 Å². The van der Waals surface area contributed by atoms with Gasteiger partial charge in [0, 0.05) is 6.04 Å². The summed E-state index contributed by atoms with van der Waals surface area (Å²) in [6.45, 7) is 4.64. The lowest BCUT2D eigenvalue weighted by Crippen LogP contribution is -2.22. The van der Waals surface area contributed by atoms with Gasteiger partial charge in [0.05, 0.1) is 5.56 Å². The summed E-state index contributed by atoms with van der Waals surface area (Å²) in [4.78, 5) is 0. The molecule has 2 N–H and O–H groups in total. The van der Waals surface area contributed by atoms with Crippen LogP contribution in [0.25, 0.3) is 0 Å². The third-order valence-electron chi connectivity index (χ3n) is 2.86. The van der Waals surface area contributed by atoms with Crippen molar-refractivity contribution in [3.05, 3.63) is 34.6 Å². The standard InChI is InChI=1S/C13H16F5N.C2H6/c1-8-5-9(3-2-4-10(19)7-14)6-11(12(8)15)13(16,17)18;1-2/h5-6,10H,2-4,7,19H2,1H3;1-2H3. The summed E-state index contributed by atoms with van der Waals surface area (Å²) in [7, 11) is 0. The normalized spacial score (nSPS) is 12.6. The van der Waals surface area contributed by atoms with Crippen molar-refractivity contribution in [3.8, 4) is 0 Å². The minimum Gasteiger partial charge on any atom is -0.325 e. The van der Waals surface area contributed by atoms with E-state index in [0.717, 1.165) is 6.07 Å². The molecule has 1 aromatic carbocycles. The van der Waals surface area contributed by atoms with Gasteiger partial charge < -0.3 is 5.73 Å². The van der Waals surface area contributed by atoms with E-state index in [-0.39, 0.29) is 5.56 Å². The van der Waals surface area contributed by atoms with Crippen molar-refractivity contribution in [1.29, 1.82) is 0 Å². The number of aryl methyl sites for hydroxylation is 2. The Bertz CT molecular complexity index is 429. The lowest BCUT2D eigenvalue weighted by molar-refractivity contribution is -0.140. The Balaban J connectivity index is 0.00000191. The first kappa shape index (κ1) is 19.8. The number of halogens is 5. The number of rotatable bonds is 5. The molecule has 0 aliphatic rings. The minimum absolute atomic E-state index is 0.0420. The third kappa shape index (κ3) is 6.42. The average Bonchev–Trinajstić information content (AvgIpc) is 2.43. The molecule has 1 unspecified atom stereocenters. The van der Waals surface area contributed by atoms with Crippen molar-refractivity contribution in [2.24, 2.45) is 5.73 Å². The Morgan fingerprint density at radius 1 is 1.19 bits per heavy atom. The monoisotopic (exact) mass is 311 g/mol. The lowest BCUT2D eigenvalue weighted by atomic mass is 10.00. The Hall–Kier alpha value is -1.17. The van der Waals surface area contributed by atoms with Gasteiger partial charge in [0.25, 0.3) is 0 Å². The molecule has 0 amide bonds. The topological polar surface area (TPSA) is 26.0 Å². The van der Waals surface area contributed by atoms with Gasteiger partial charge in [-0.1, -0.05) is 19.9 Å². The van der Waals surface area contributed by atoms with Gasteiger partial charge in [-0.2, -0.15) is 13.2 Å². The summed E-state index contributed by atoms with van der Waals surface area (Å²) < 4.78 is 63.3. The van der Waals surface area contributed by atoms with E-state index in [1.165, 1.54) is 13.0 Å². The van der Waals surface area contributed by atoms with E-state index in [4.69, 9.17) is 5.73 Å². The molecule has 0 saturated carbocycles. The summed E-state index contributed by atoms with van der Waals surface area (Å²) in [5, 5.41) is 0. The van der Waals surface area contributed by atoms with E-state index in [2.05, 4.69) is 0 Å². The SMILES string of the molecule is CC.Cc1cc(CCCC(N)CF)cc(C(F)(F)F)c1F. The fraction of sp³-hybridized carbons (Fsp3) is 0.600. The van der Waals surface area contributed by atoms with Crippen LogP contribution >= 0.6 is 0 Å². The molecular formula is C15H22F5N. The van der Waals surface area contributed by atoms with E-state index in [1.807, 2.05) is 13.8 Å². The van der Waals surface area contributed by atoms with Crippen LogP contribution in [0.1, 0.15) is 43.4 Å². The summed E-state index contributed by atoms with van der Waals surface area (Å²) in [5.74, 6) is -1.24. The third-order valence-corrected chi connectivity index (χ3v) is 2.86. The van der Waals surface area contributed by atoms with Crippen molar-refractivity contribution in [1.82, 2.24) is 0 Å². The molecule has 0 saturated heterocycles. The molecule has 0 bridgehead atoms. The van der Waals surface area contributed by atoms with Crippen molar-refractivity contribution in [2.75, 3.05) is 6.67 Å². The van der Waals surface area contributed by atoms with E-state index < -0.39 is 30.3 Å². The molecule has 21 heavy (non-hydrogen) atoms. The van der Waals surface area contributed by atoms with E-state index >= 15 is 0 Å². The van der Waals surface area contributed by atoms with E-state index in [9.17, 15) is 22.0 Å². The summed E-state index contributed by atoms with van der Waals surface area (Å²) in [6.07, 6.45) is -3.54. The maximum Gasteiger partial charge on any atom is 0.419 e. The van der Waals surface area contributed by atoms with Crippen molar-refractivity contribution in [2.45, 2.75) is 52.3 Å². The van der Waals surface area contributed by atoms with Gasteiger partial charge in [0.15, 0.2) is 0 Å². The number of benzene rings is 1. The first-order valence-electron chi connectivity index (χ1n) is 6.93. The molecular weight excluding hydrogens is 289 g/mol. The van der Waals surface area contributed by atoms with Crippen molar-refractivity contribution < 1.29 is 22.0 Å². The molecule has 1 rings (SSSR count). The minimum atomic E-state index is -4.71.